The van der Waals surface area contributed by atoms with Crippen molar-refractivity contribution in [2.24, 2.45) is 5.73 Å². The average Bonchev–Trinajstić information content (AvgIpc) is 3.19. The summed E-state index contributed by atoms with van der Waals surface area (Å²) in [5.74, 6) is 0.915. The highest BCUT2D eigenvalue weighted by Gasteiger charge is 2.42. The molecule has 0 aromatic carbocycles. The van der Waals surface area contributed by atoms with Gasteiger partial charge in [-0.15, -0.1) is 0 Å². The average molecular weight is 456 g/mol. The molecule has 8 N–H and O–H groups in total. The summed E-state index contributed by atoms with van der Waals surface area (Å²) >= 11 is 1.91. The molecule has 0 radical (unpaired) electrons. The van der Waals surface area contributed by atoms with Crippen molar-refractivity contribution in [3.63, 3.8) is 0 Å². The lowest BCUT2D eigenvalue weighted by atomic mass is 10.0. The number of thioether (sulfide) groups is 1. The van der Waals surface area contributed by atoms with E-state index in [1.54, 1.807) is 0 Å². The van der Waals surface area contributed by atoms with Gasteiger partial charge in [0.25, 0.3) is 0 Å². The zero-order chi connectivity index (χ0) is 22.3. The van der Waals surface area contributed by atoms with Crippen molar-refractivity contribution in [1.29, 1.82) is 0 Å². The van der Waals surface area contributed by atoms with Gasteiger partial charge in [0.15, 0.2) is 0 Å². The molecule has 4 unspecified atom stereocenters. The molecule has 3 heterocycles. The molecular formula is C20H37N7O3S. The molecule has 0 spiro atoms. The number of hydrogen-bond acceptors (Lipinski definition) is 7. The molecule has 0 aliphatic carbocycles. The van der Waals surface area contributed by atoms with E-state index in [1.807, 2.05) is 18.7 Å². The van der Waals surface area contributed by atoms with Crippen molar-refractivity contribution >= 4 is 29.6 Å². The highest BCUT2D eigenvalue weighted by molar-refractivity contribution is 8.00. The summed E-state index contributed by atoms with van der Waals surface area (Å²) in [4.78, 5) is 35.3. The van der Waals surface area contributed by atoms with E-state index in [2.05, 4.69) is 32.1 Å². The van der Waals surface area contributed by atoms with E-state index >= 15 is 0 Å². The largest absolute Gasteiger partial charge is 0.356 e. The van der Waals surface area contributed by atoms with Crippen LogP contribution in [-0.2, 0) is 9.59 Å². The number of unbranched alkanes of at least 4 members (excludes halogenated alkanes) is 2. The minimum Gasteiger partial charge on any atom is -0.356 e. The van der Waals surface area contributed by atoms with Gasteiger partial charge in [-0.25, -0.2) is 15.6 Å². The molecule has 0 aromatic heterocycles. The quantitative estimate of drug-likeness (QED) is 0.107. The van der Waals surface area contributed by atoms with Crippen molar-refractivity contribution in [2.45, 2.75) is 87.3 Å². The van der Waals surface area contributed by atoms with Gasteiger partial charge in [-0.05, 0) is 45.4 Å². The number of nitrogens with one attached hydrogen (secondary N) is 6. The summed E-state index contributed by atoms with van der Waals surface area (Å²) in [6.07, 6.45) is 6.43. The normalized spacial score (nSPS) is 26.5. The van der Waals surface area contributed by atoms with Crippen LogP contribution in [0.25, 0.3) is 0 Å². The second-order valence-electron chi connectivity index (χ2n) is 8.94. The Morgan fingerprint density at radius 1 is 1.16 bits per heavy atom. The predicted octanol–water partition coefficient (Wildman–Crippen LogP) is -0.344. The van der Waals surface area contributed by atoms with Gasteiger partial charge in [0, 0.05) is 30.5 Å². The molecule has 4 atom stereocenters. The Bertz CT molecular complexity index is 646. The molecule has 0 saturated carbocycles. The van der Waals surface area contributed by atoms with Crippen molar-refractivity contribution in [3.8, 4) is 0 Å². The SMILES string of the molecule is CC1(CCC(=O)NCCCCC(N)C(=O)NCCCCC2SCC3NC(=O)NC32)NN1. The lowest BCUT2D eigenvalue weighted by molar-refractivity contribution is -0.123. The first-order valence-corrected chi connectivity index (χ1v) is 12.4. The first kappa shape index (κ1) is 24.1. The summed E-state index contributed by atoms with van der Waals surface area (Å²) in [6.45, 7) is 3.26. The fourth-order valence-electron chi connectivity index (χ4n) is 3.99. The standard InChI is InChI=1S/C20H37N7O3S/c1-20(26-27-20)9-8-16(28)22-10-4-2-6-13(21)18(29)23-11-5-3-7-15-17-14(12-31-15)24-19(30)25-17/h13-15,17,26-27H,2-12,21H2,1H3,(H,22,28)(H,23,29)(H2,24,25,30). The molecule has 0 bridgehead atoms. The van der Waals surface area contributed by atoms with Gasteiger partial charge in [-0.3, -0.25) is 9.59 Å². The van der Waals surface area contributed by atoms with Gasteiger partial charge in [-0.2, -0.15) is 11.8 Å². The van der Waals surface area contributed by atoms with Crippen LogP contribution in [0.2, 0.25) is 0 Å². The summed E-state index contributed by atoms with van der Waals surface area (Å²) in [6, 6.07) is -0.0642. The summed E-state index contributed by atoms with van der Waals surface area (Å²) in [7, 11) is 0. The lowest BCUT2D eigenvalue weighted by Crippen LogP contribution is -2.41. The molecule has 3 aliphatic rings. The van der Waals surface area contributed by atoms with Gasteiger partial charge in [0.05, 0.1) is 23.8 Å². The number of fused-ring (bicyclic) bond motifs is 1. The maximum atomic E-state index is 12.1. The summed E-state index contributed by atoms with van der Waals surface area (Å²) in [5, 5.41) is 12.2. The molecular weight excluding hydrogens is 418 g/mol. The highest BCUT2D eigenvalue weighted by Crippen LogP contribution is 2.32. The Morgan fingerprint density at radius 3 is 2.68 bits per heavy atom. The van der Waals surface area contributed by atoms with Crippen LogP contribution < -0.4 is 37.9 Å². The van der Waals surface area contributed by atoms with Crippen molar-refractivity contribution < 1.29 is 14.4 Å². The molecule has 31 heavy (non-hydrogen) atoms. The molecule has 3 saturated heterocycles. The molecule has 0 aromatic rings. The van der Waals surface area contributed by atoms with E-state index in [9.17, 15) is 14.4 Å². The number of amides is 4. The highest BCUT2D eigenvalue weighted by atomic mass is 32.2. The topological polar surface area (TPSA) is 169 Å². The van der Waals surface area contributed by atoms with Gasteiger partial charge in [0.1, 0.15) is 0 Å². The number of urea groups is 1. The molecule has 176 valence electrons. The number of hydrogen-bond donors (Lipinski definition) is 7. The molecule has 11 heteroatoms. The van der Waals surface area contributed by atoms with Gasteiger partial charge >= 0.3 is 6.03 Å². The lowest BCUT2D eigenvalue weighted by Gasteiger charge is -2.17. The van der Waals surface area contributed by atoms with Crippen LogP contribution >= 0.6 is 11.8 Å². The number of nitrogens with two attached hydrogens (primary N) is 1. The second kappa shape index (κ2) is 11.3. The second-order valence-corrected chi connectivity index (χ2v) is 10.2. The molecule has 3 rings (SSSR count). The number of carbonyl (C=O) groups excluding carboxylic acids is 3. The van der Waals surface area contributed by atoms with Crippen molar-refractivity contribution in [3.05, 3.63) is 0 Å². The van der Waals surface area contributed by atoms with E-state index < -0.39 is 6.04 Å². The maximum absolute atomic E-state index is 12.1. The molecule has 3 aliphatic heterocycles. The Balaban J connectivity index is 1.14. The van der Waals surface area contributed by atoms with E-state index in [0.717, 1.165) is 44.3 Å². The molecule has 4 amide bonds. The van der Waals surface area contributed by atoms with Crippen LogP contribution in [0.4, 0.5) is 4.79 Å². The van der Waals surface area contributed by atoms with E-state index in [4.69, 9.17) is 5.73 Å². The van der Waals surface area contributed by atoms with Crippen LogP contribution in [0.3, 0.4) is 0 Å². The number of rotatable bonds is 14. The first-order chi connectivity index (χ1) is 14.9. The Kier molecular flexibility index (Phi) is 8.82. The minimum atomic E-state index is -0.506. The maximum Gasteiger partial charge on any atom is 0.315 e. The van der Waals surface area contributed by atoms with E-state index in [-0.39, 0.29) is 35.6 Å². The predicted molar refractivity (Wildman–Crippen MR) is 121 cm³/mol. The van der Waals surface area contributed by atoms with Crippen LogP contribution in [0.5, 0.6) is 0 Å². The zero-order valence-electron chi connectivity index (χ0n) is 18.3. The van der Waals surface area contributed by atoms with Crippen LogP contribution in [0, 0.1) is 0 Å². The molecule has 3 fully saturated rings. The van der Waals surface area contributed by atoms with Crippen molar-refractivity contribution in [1.82, 2.24) is 32.1 Å². The third-order valence-corrected chi connectivity index (χ3v) is 7.67. The zero-order valence-corrected chi connectivity index (χ0v) is 19.1. The Hall–Kier alpha value is -1.56. The van der Waals surface area contributed by atoms with Crippen molar-refractivity contribution in [2.75, 3.05) is 18.8 Å². The Morgan fingerprint density at radius 2 is 1.90 bits per heavy atom. The third-order valence-electron chi connectivity index (χ3n) is 6.16. The summed E-state index contributed by atoms with van der Waals surface area (Å²) < 4.78 is 0. The Labute approximate surface area is 188 Å². The van der Waals surface area contributed by atoms with Gasteiger partial charge in [0.2, 0.25) is 11.8 Å². The third kappa shape index (κ3) is 7.81. The van der Waals surface area contributed by atoms with Crippen LogP contribution in [-0.4, -0.2) is 65.7 Å². The fourth-order valence-corrected chi connectivity index (χ4v) is 5.53. The van der Waals surface area contributed by atoms with E-state index in [0.29, 0.717) is 31.2 Å². The van der Waals surface area contributed by atoms with Gasteiger partial charge < -0.3 is 27.0 Å². The van der Waals surface area contributed by atoms with E-state index in [1.165, 1.54) is 0 Å². The van der Waals surface area contributed by atoms with Crippen LogP contribution in [0.1, 0.15) is 58.3 Å². The fraction of sp³-hybridized carbons (Fsp3) is 0.850. The number of hydrazine groups is 1. The minimum absolute atomic E-state index is 0.0527. The molecule has 10 nitrogen and oxygen atoms in total. The van der Waals surface area contributed by atoms with Gasteiger partial charge in [-0.1, -0.05) is 6.42 Å². The van der Waals surface area contributed by atoms with Crippen LogP contribution in [0.15, 0.2) is 0 Å². The summed E-state index contributed by atoms with van der Waals surface area (Å²) in [5.41, 5.74) is 11.9. The monoisotopic (exact) mass is 455 g/mol. The number of carbonyl (C=O) groups is 3. The first-order valence-electron chi connectivity index (χ1n) is 11.4. The smallest absolute Gasteiger partial charge is 0.315 e.